The lowest BCUT2D eigenvalue weighted by Gasteiger charge is -2.26. The van der Waals surface area contributed by atoms with Crippen LogP contribution in [0.2, 0.25) is 0 Å². The predicted molar refractivity (Wildman–Crippen MR) is 134 cm³/mol. The Labute approximate surface area is 198 Å². The Morgan fingerprint density at radius 3 is 2.43 bits per heavy atom. The molecule has 1 unspecified atom stereocenters. The van der Waals surface area contributed by atoms with E-state index in [0.29, 0.717) is 6.04 Å². The highest BCUT2D eigenvalue weighted by Gasteiger charge is 2.30. The third-order valence-corrected chi connectivity index (χ3v) is 6.62. The Hall–Kier alpha value is -0.900. The lowest BCUT2D eigenvalue weighted by atomic mass is 10.1. The fraction of sp³-hybridized carbons (Fsp3) is 0.696. The monoisotopic (exact) mass is 527 g/mol. The van der Waals surface area contributed by atoms with Gasteiger partial charge in [-0.2, -0.15) is 0 Å². The van der Waals surface area contributed by atoms with Crippen molar-refractivity contribution in [1.29, 1.82) is 0 Å². The molecule has 3 fully saturated rings. The second-order valence-corrected chi connectivity index (χ2v) is 8.69. The first-order chi connectivity index (χ1) is 14.3. The largest absolute Gasteiger partial charge is 0.379 e. The number of hydrogen-bond acceptors (Lipinski definition) is 4. The summed E-state index contributed by atoms with van der Waals surface area (Å²) in [4.78, 5) is 9.58. The number of morpholine rings is 1. The van der Waals surface area contributed by atoms with Gasteiger partial charge >= 0.3 is 0 Å². The normalized spacial score (nSPS) is 24.0. The minimum Gasteiger partial charge on any atom is -0.379 e. The maximum atomic E-state index is 5.43. The van der Waals surface area contributed by atoms with E-state index in [-0.39, 0.29) is 24.0 Å². The molecule has 3 aliphatic rings. The Morgan fingerprint density at radius 2 is 1.73 bits per heavy atom. The van der Waals surface area contributed by atoms with Crippen molar-refractivity contribution in [1.82, 2.24) is 20.4 Å². The number of ether oxygens (including phenoxy) is 1. The summed E-state index contributed by atoms with van der Waals surface area (Å²) < 4.78 is 5.43. The van der Waals surface area contributed by atoms with E-state index in [1.807, 2.05) is 7.05 Å². The molecule has 0 bridgehead atoms. The van der Waals surface area contributed by atoms with Gasteiger partial charge in [0, 0.05) is 58.4 Å². The predicted octanol–water partition coefficient (Wildman–Crippen LogP) is 2.82. The van der Waals surface area contributed by atoms with E-state index in [4.69, 9.17) is 4.74 Å². The summed E-state index contributed by atoms with van der Waals surface area (Å²) in [6.45, 7) is 7.97. The molecule has 2 heterocycles. The number of halogens is 1. The van der Waals surface area contributed by atoms with Gasteiger partial charge in [0.2, 0.25) is 0 Å². The highest BCUT2D eigenvalue weighted by Crippen LogP contribution is 2.26. The highest BCUT2D eigenvalue weighted by atomic mass is 127. The summed E-state index contributed by atoms with van der Waals surface area (Å²) in [6.07, 6.45) is 6.82. The zero-order valence-corrected chi connectivity index (χ0v) is 20.6. The van der Waals surface area contributed by atoms with E-state index in [9.17, 15) is 0 Å². The van der Waals surface area contributed by atoms with E-state index in [1.165, 1.54) is 49.8 Å². The molecular weight excluding hydrogens is 489 g/mol. The minimum absolute atomic E-state index is 0. The molecular formula is C23H38IN5O. The van der Waals surface area contributed by atoms with Gasteiger partial charge in [-0.1, -0.05) is 37.1 Å². The third-order valence-electron chi connectivity index (χ3n) is 6.62. The number of nitrogens with one attached hydrogen (secondary N) is 2. The summed E-state index contributed by atoms with van der Waals surface area (Å²) in [6, 6.07) is 10.3. The zero-order chi connectivity index (χ0) is 19.9. The molecule has 7 heteroatoms. The Kier molecular flexibility index (Phi) is 9.67. The number of rotatable bonds is 6. The number of likely N-dealkylation sites (tertiary alicyclic amines) is 1. The van der Waals surface area contributed by atoms with Gasteiger partial charge in [0.25, 0.3) is 0 Å². The van der Waals surface area contributed by atoms with E-state index in [0.717, 1.165) is 57.9 Å². The van der Waals surface area contributed by atoms with E-state index < -0.39 is 0 Å². The summed E-state index contributed by atoms with van der Waals surface area (Å²) in [5, 5.41) is 7.12. The molecule has 1 saturated carbocycles. The molecule has 0 spiro atoms. The zero-order valence-electron chi connectivity index (χ0n) is 18.3. The maximum Gasteiger partial charge on any atom is 0.191 e. The van der Waals surface area contributed by atoms with Gasteiger partial charge in [0.1, 0.15) is 0 Å². The van der Waals surface area contributed by atoms with Gasteiger partial charge in [-0.3, -0.25) is 14.8 Å². The van der Waals surface area contributed by atoms with Crippen molar-refractivity contribution in [2.24, 2.45) is 4.99 Å². The van der Waals surface area contributed by atoms with Crippen molar-refractivity contribution in [2.45, 2.75) is 57.3 Å². The molecule has 6 nitrogen and oxygen atoms in total. The fourth-order valence-corrected chi connectivity index (χ4v) is 4.86. The lowest BCUT2D eigenvalue weighted by Crippen LogP contribution is -2.45. The summed E-state index contributed by atoms with van der Waals surface area (Å²) in [5.74, 6) is 0.917. The van der Waals surface area contributed by atoms with Crippen LogP contribution in [-0.2, 0) is 17.8 Å². The van der Waals surface area contributed by atoms with E-state index in [2.05, 4.69) is 49.7 Å². The average molecular weight is 527 g/mol. The Bertz CT molecular complexity index is 656. The molecule has 0 aromatic heterocycles. The molecule has 30 heavy (non-hydrogen) atoms. The van der Waals surface area contributed by atoms with Crippen molar-refractivity contribution in [3.63, 3.8) is 0 Å². The Morgan fingerprint density at radius 1 is 1.03 bits per heavy atom. The van der Waals surface area contributed by atoms with Crippen LogP contribution in [0.3, 0.4) is 0 Å². The molecule has 0 radical (unpaired) electrons. The van der Waals surface area contributed by atoms with Gasteiger partial charge in [-0.15, -0.1) is 24.0 Å². The van der Waals surface area contributed by atoms with E-state index in [1.54, 1.807) is 0 Å². The highest BCUT2D eigenvalue weighted by molar-refractivity contribution is 14.0. The summed E-state index contributed by atoms with van der Waals surface area (Å²) in [5.41, 5.74) is 2.66. The molecule has 2 saturated heterocycles. The standard InChI is InChI=1S/C23H37N5O.HI/c1-24-23(26-21-10-11-28(18-21)22-4-2-3-5-22)25-16-19-6-8-20(9-7-19)17-27-12-14-29-15-13-27;/h6-9,21-22H,2-5,10-18H2,1H3,(H2,24,25,26);1H. The number of benzene rings is 1. The second kappa shape index (κ2) is 12.2. The average Bonchev–Trinajstić information content (AvgIpc) is 3.45. The van der Waals surface area contributed by atoms with Crippen LogP contribution in [0.5, 0.6) is 0 Å². The van der Waals surface area contributed by atoms with Crippen molar-refractivity contribution < 1.29 is 4.74 Å². The van der Waals surface area contributed by atoms with Crippen LogP contribution >= 0.6 is 24.0 Å². The molecule has 2 N–H and O–H groups in total. The molecule has 1 aromatic carbocycles. The van der Waals surface area contributed by atoms with Gasteiger partial charge in [0.15, 0.2) is 5.96 Å². The van der Waals surface area contributed by atoms with Crippen molar-refractivity contribution in [3.05, 3.63) is 35.4 Å². The van der Waals surface area contributed by atoms with Crippen LogP contribution in [0, 0.1) is 0 Å². The van der Waals surface area contributed by atoms with Gasteiger partial charge < -0.3 is 15.4 Å². The van der Waals surface area contributed by atoms with E-state index >= 15 is 0 Å². The molecule has 168 valence electrons. The van der Waals surface area contributed by atoms with Crippen molar-refractivity contribution >= 4 is 29.9 Å². The minimum atomic E-state index is 0. The van der Waals surface area contributed by atoms with Crippen LogP contribution < -0.4 is 10.6 Å². The van der Waals surface area contributed by atoms with Crippen LogP contribution in [0.1, 0.15) is 43.2 Å². The van der Waals surface area contributed by atoms with Crippen LogP contribution in [0.4, 0.5) is 0 Å². The molecule has 1 aliphatic carbocycles. The molecule has 1 atom stereocenters. The quantitative estimate of drug-likeness (QED) is 0.339. The number of nitrogens with zero attached hydrogens (tertiary/aromatic N) is 3. The maximum absolute atomic E-state index is 5.43. The summed E-state index contributed by atoms with van der Waals surface area (Å²) in [7, 11) is 1.87. The second-order valence-electron chi connectivity index (χ2n) is 8.69. The van der Waals surface area contributed by atoms with Crippen LogP contribution in [0.15, 0.2) is 29.3 Å². The first-order valence-electron chi connectivity index (χ1n) is 11.4. The molecule has 4 rings (SSSR count). The SMILES string of the molecule is CN=C(NCc1ccc(CN2CCOCC2)cc1)NC1CCN(C2CCCC2)C1.I. The van der Waals surface area contributed by atoms with Gasteiger partial charge in [-0.25, -0.2) is 0 Å². The van der Waals surface area contributed by atoms with Crippen LogP contribution in [0.25, 0.3) is 0 Å². The van der Waals surface area contributed by atoms with Gasteiger partial charge in [0.05, 0.1) is 13.2 Å². The number of aliphatic imine (C=N–C) groups is 1. The first kappa shape index (κ1) is 23.8. The smallest absolute Gasteiger partial charge is 0.191 e. The molecule has 1 aromatic rings. The molecule has 0 amide bonds. The fourth-order valence-electron chi connectivity index (χ4n) is 4.86. The molecule has 2 aliphatic heterocycles. The number of guanidine groups is 1. The topological polar surface area (TPSA) is 52.1 Å². The first-order valence-corrected chi connectivity index (χ1v) is 11.4. The third kappa shape index (κ3) is 6.80. The van der Waals surface area contributed by atoms with Crippen LogP contribution in [-0.4, -0.2) is 74.3 Å². The summed E-state index contributed by atoms with van der Waals surface area (Å²) >= 11 is 0. The van der Waals surface area contributed by atoms with Crippen molar-refractivity contribution in [2.75, 3.05) is 46.4 Å². The van der Waals surface area contributed by atoms with Crippen molar-refractivity contribution in [3.8, 4) is 0 Å². The van der Waals surface area contributed by atoms with Gasteiger partial charge in [-0.05, 0) is 30.4 Å². The lowest BCUT2D eigenvalue weighted by molar-refractivity contribution is 0.0342. The Balaban J connectivity index is 0.00000256. The number of hydrogen-bond donors (Lipinski definition) is 2.